The molecule has 2 heterocycles. The summed E-state index contributed by atoms with van der Waals surface area (Å²) in [5, 5.41) is 2.87. The van der Waals surface area contributed by atoms with Crippen LogP contribution < -0.4 is 5.32 Å². The van der Waals surface area contributed by atoms with Crippen molar-refractivity contribution in [1.82, 2.24) is 24.8 Å². The number of likely N-dealkylation sites (N-methyl/N-ethyl adjacent to an activating group) is 1. The summed E-state index contributed by atoms with van der Waals surface area (Å²) in [6.07, 6.45) is 5.15. The van der Waals surface area contributed by atoms with Gasteiger partial charge in [-0.05, 0) is 30.7 Å². The van der Waals surface area contributed by atoms with Gasteiger partial charge in [-0.2, -0.15) is 0 Å². The summed E-state index contributed by atoms with van der Waals surface area (Å²) < 4.78 is 1.88. The third-order valence-corrected chi connectivity index (χ3v) is 4.63. The van der Waals surface area contributed by atoms with Crippen molar-refractivity contribution >= 4 is 22.8 Å². The van der Waals surface area contributed by atoms with E-state index in [1.807, 2.05) is 35.9 Å². The lowest BCUT2D eigenvalue weighted by Gasteiger charge is -2.18. The van der Waals surface area contributed by atoms with Crippen molar-refractivity contribution in [3.05, 3.63) is 60.2 Å². The van der Waals surface area contributed by atoms with Gasteiger partial charge >= 0.3 is 0 Å². The molecule has 2 amide bonds. The average molecular weight is 379 g/mol. The van der Waals surface area contributed by atoms with Gasteiger partial charge in [-0.3, -0.25) is 14.6 Å². The summed E-state index contributed by atoms with van der Waals surface area (Å²) in [6, 6.07) is 11.1. The van der Waals surface area contributed by atoms with Gasteiger partial charge in [0.05, 0.1) is 23.1 Å². The quantitative estimate of drug-likeness (QED) is 0.652. The van der Waals surface area contributed by atoms with Gasteiger partial charge in [0.15, 0.2) is 0 Å². The van der Waals surface area contributed by atoms with Crippen LogP contribution in [-0.2, 0) is 17.9 Å². The first-order valence-corrected chi connectivity index (χ1v) is 9.46. The van der Waals surface area contributed by atoms with Crippen LogP contribution >= 0.6 is 0 Å². The fourth-order valence-electron chi connectivity index (χ4n) is 2.97. The molecule has 28 heavy (non-hydrogen) atoms. The third kappa shape index (κ3) is 4.54. The monoisotopic (exact) mass is 379 g/mol. The molecule has 0 radical (unpaired) electrons. The third-order valence-electron chi connectivity index (χ3n) is 4.63. The van der Waals surface area contributed by atoms with Crippen molar-refractivity contribution in [2.45, 2.75) is 32.9 Å². The summed E-state index contributed by atoms with van der Waals surface area (Å²) >= 11 is 0. The van der Waals surface area contributed by atoms with Crippen molar-refractivity contribution in [1.29, 1.82) is 0 Å². The molecular weight excluding hydrogens is 354 g/mol. The van der Waals surface area contributed by atoms with Crippen LogP contribution in [0.25, 0.3) is 11.0 Å². The number of para-hydroxylation sites is 2. The molecule has 3 rings (SSSR count). The van der Waals surface area contributed by atoms with E-state index >= 15 is 0 Å². The molecule has 0 saturated carbocycles. The van der Waals surface area contributed by atoms with Crippen LogP contribution in [0.3, 0.4) is 0 Å². The van der Waals surface area contributed by atoms with Crippen molar-refractivity contribution in [3.8, 4) is 0 Å². The van der Waals surface area contributed by atoms with Crippen LogP contribution in [0.5, 0.6) is 0 Å². The smallest absolute Gasteiger partial charge is 0.253 e. The lowest BCUT2D eigenvalue weighted by atomic mass is 10.3. The van der Waals surface area contributed by atoms with Crippen molar-refractivity contribution in [2.75, 3.05) is 13.6 Å². The lowest BCUT2D eigenvalue weighted by Crippen LogP contribution is -2.32. The molecule has 2 aromatic heterocycles. The Kier molecular flexibility index (Phi) is 6.37. The SMILES string of the molecule is CCCCN(C)C(=O)Cn1c(CNC(=O)c2cccnc2)nc2ccccc21. The number of aromatic nitrogens is 3. The van der Waals surface area contributed by atoms with E-state index in [1.165, 1.54) is 6.20 Å². The molecule has 0 bridgehead atoms. The highest BCUT2D eigenvalue weighted by Crippen LogP contribution is 2.16. The normalized spacial score (nSPS) is 10.8. The number of carbonyl (C=O) groups is 2. The molecular formula is C21H25N5O2. The molecule has 3 aromatic rings. The molecule has 7 heteroatoms. The standard InChI is InChI=1S/C21H25N5O2/c1-3-4-12-25(2)20(27)15-26-18-10-6-5-9-17(18)24-19(26)14-23-21(28)16-8-7-11-22-13-16/h5-11,13H,3-4,12,14-15H2,1-2H3,(H,23,28). The summed E-state index contributed by atoms with van der Waals surface area (Å²) in [6.45, 7) is 3.26. The largest absolute Gasteiger partial charge is 0.345 e. The highest BCUT2D eigenvalue weighted by atomic mass is 16.2. The van der Waals surface area contributed by atoms with Crippen LogP contribution in [0.1, 0.15) is 35.9 Å². The Morgan fingerprint density at radius 2 is 2.00 bits per heavy atom. The Morgan fingerprint density at radius 3 is 2.75 bits per heavy atom. The second-order valence-corrected chi connectivity index (χ2v) is 6.70. The number of pyridine rings is 1. The van der Waals surface area contributed by atoms with Crippen LogP contribution in [0.15, 0.2) is 48.8 Å². The lowest BCUT2D eigenvalue weighted by molar-refractivity contribution is -0.130. The number of amides is 2. The molecule has 1 aromatic carbocycles. The summed E-state index contributed by atoms with van der Waals surface area (Å²) in [5.41, 5.74) is 2.17. The number of hydrogen-bond donors (Lipinski definition) is 1. The first-order chi connectivity index (χ1) is 13.6. The maximum absolute atomic E-state index is 12.7. The fourth-order valence-corrected chi connectivity index (χ4v) is 2.97. The van der Waals surface area contributed by atoms with E-state index in [-0.39, 0.29) is 24.9 Å². The van der Waals surface area contributed by atoms with Crippen LogP contribution in [0.2, 0.25) is 0 Å². The predicted octanol–water partition coefficient (Wildman–Crippen LogP) is 2.62. The summed E-state index contributed by atoms with van der Waals surface area (Å²) in [5.74, 6) is 0.449. The van der Waals surface area contributed by atoms with E-state index in [9.17, 15) is 9.59 Å². The molecule has 146 valence electrons. The van der Waals surface area contributed by atoms with Gasteiger partial charge in [0.2, 0.25) is 5.91 Å². The number of rotatable bonds is 8. The first kappa shape index (κ1) is 19.5. The Bertz CT molecular complexity index is 952. The van der Waals surface area contributed by atoms with Crippen molar-refractivity contribution in [3.63, 3.8) is 0 Å². The second kappa shape index (κ2) is 9.12. The zero-order valence-electron chi connectivity index (χ0n) is 16.3. The van der Waals surface area contributed by atoms with E-state index in [4.69, 9.17) is 0 Å². The van der Waals surface area contributed by atoms with Crippen LogP contribution in [0.4, 0.5) is 0 Å². The predicted molar refractivity (Wildman–Crippen MR) is 108 cm³/mol. The average Bonchev–Trinajstić information content (AvgIpc) is 3.08. The molecule has 0 atom stereocenters. The molecule has 0 spiro atoms. The molecule has 0 fully saturated rings. The maximum Gasteiger partial charge on any atom is 0.253 e. The molecule has 0 aliphatic carbocycles. The van der Waals surface area contributed by atoms with E-state index < -0.39 is 0 Å². The first-order valence-electron chi connectivity index (χ1n) is 9.46. The molecule has 7 nitrogen and oxygen atoms in total. The zero-order valence-corrected chi connectivity index (χ0v) is 16.3. The Morgan fingerprint density at radius 1 is 1.18 bits per heavy atom. The number of unbranched alkanes of at least 4 members (excludes halogenated alkanes) is 1. The molecule has 1 N–H and O–H groups in total. The Labute approximate surface area is 164 Å². The van der Waals surface area contributed by atoms with Gasteiger partial charge in [0, 0.05) is 26.0 Å². The number of fused-ring (bicyclic) bond motifs is 1. The number of nitrogens with one attached hydrogen (secondary N) is 1. The Balaban J connectivity index is 1.79. The minimum Gasteiger partial charge on any atom is -0.345 e. The second-order valence-electron chi connectivity index (χ2n) is 6.70. The number of nitrogens with zero attached hydrogens (tertiary/aromatic N) is 4. The van der Waals surface area contributed by atoms with E-state index in [2.05, 4.69) is 22.2 Å². The maximum atomic E-state index is 12.7. The van der Waals surface area contributed by atoms with Gasteiger partial charge in [-0.1, -0.05) is 25.5 Å². The number of carbonyl (C=O) groups excluding carboxylic acids is 2. The van der Waals surface area contributed by atoms with Gasteiger partial charge in [0.25, 0.3) is 5.91 Å². The minimum absolute atomic E-state index is 0.0245. The van der Waals surface area contributed by atoms with Crippen molar-refractivity contribution in [2.24, 2.45) is 0 Å². The van der Waals surface area contributed by atoms with E-state index in [0.29, 0.717) is 11.4 Å². The highest BCUT2D eigenvalue weighted by Gasteiger charge is 2.16. The number of imidazole rings is 1. The van der Waals surface area contributed by atoms with E-state index in [0.717, 1.165) is 30.4 Å². The van der Waals surface area contributed by atoms with Crippen LogP contribution in [-0.4, -0.2) is 44.8 Å². The minimum atomic E-state index is -0.224. The number of benzene rings is 1. The molecule has 0 aliphatic heterocycles. The topological polar surface area (TPSA) is 80.1 Å². The van der Waals surface area contributed by atoms with Gasteiger partial charge < -0.3 is 14.8 Å². The van der Waals surface area contributed by atoms with Crippen molar-refractivity contribution < 1.29 is 9.59 Å². The van der Waals surface area contributed by atoms with Gasteiger partial charge in [0.1, 0.15) is 12.4 Å². The highest BCUT2D eigenvalue weighted by molar-refractivity contribution is 5.93. The van der Waals surface area contributed by atoms with Gasteiger partial charge in [-0.25, -0.2) is 4.98 Å². The molecule has 0 aliphatic rings. The summed E-state index contributed by atoms with van der Waals surface area (Å²) in [7, 11) is 1.82. The van der Waals surface area contributed by atoms with Crippen LogP contribution in [0, 0.1) is 0 Å². The molecule has 0 saturated heterocycles. The van der Waals surface area contributed by atoms with E-state index in [1.54, 1.807) is 23.2 Å². The zero-order chi connectivity index (χ0) is 19.9. The Hall–Kier alpha value is -3.22. The fraction of sp³-hybridized carbons (Fsp3) is 0.333. The number of hydrogen-bond acceptors (Lipinski definition) is 4. The molecule has 0 unspecified atom stereocenters. The van der Waals surface area contributed by atoms with Gasteiger partial charge in [-0.15, -0.1) is 0 Å². The summed E-state index contributed by atoms with van der Waals surface area (Å²) in [4.78, 5) is 35.3.